The normalized spacial score (nSPS) is 12.3. The lowest BCUT2D eigenvalue weighted by Crippen LogP contribution is -2.29. The first-order chi connectivity index (χ1) is 13.1. The zero-order valence-electron chi connectivity index (χ0n) is 14.6. The molecule has 2 aromatic carbocycles. The second-order valence-corrected chi connectivity index (χ2v) is 6.84. The number of para-hydroxylation sites is 2. The number of aromatic nitrogens is 2. The van der Waals surface area contributed by atoms with E-state index in [1.807, 2.05) is 30.5 Å². The van der Waals surface area contributed by atoms with Crippen molar-refractivity contribution in [1.29, 1.82) is 0 Å². The second-order valence-electron chi connectivity index (χ2n) is 5.85. The summed E-state index contributed by atoms with van der Waals surface area (Å²) in [6, 6.07) is 13.0. The summed E-state index contributed by atoms with van der Waals surface area (Å²) in [4.78, 5) is 20.4. The third-order valence-corrected chi connectivity index (χ3v) is 4.64. The molecule has 1 aromatic heterocycles. The molecule has 0 radical (unpaired) electrons. The van der Waals surface area contributed by atoms with Gasteiger partial charge in [0.05, 0.1) is 17.1 Å². The Kier molecular flexibility index (Phi) is 6.28. The Bertz CT molecular complexity index is 866. The van der Waals surface area contributed by atoms with E-state index in [-0.39, 0.29) is 17.7 Å². The average Bonchev–Trinajstić information content (AvgIpc) is 3.09. The van der Waals surface area contributed by atoms with Crippen LogP contribution >= 0.6 is 11.8 Å². The molecule has 3 rings (SSSR count). The zero-order chi connectivity index (χ0) is 19.2. The topological polar surface area (TPSA) is 67.0 Å². The number of ether oxygens (including phenoxy) is 1. The van der Waals surface area contributed by atoms with Gasteiger partial charge in [-0.1, -0.05) is 12.1 Å². The van der Waals surface area contributed by atoms with Crippen molar-refractivity contribution in [1.82, 2.24) is 15.3 Å². The second kappa shape index (κ2) is 8.85. The zero-order valence-corrected chi connectivity index (χ0v) is 15.4. The summed E-state index contributed by atoms with van der Waals surface area (Å²) in [6.07, 6.45) is 2.71. The fourth-order valence-corrected chi connectivity index (χ4v) is 3.15. The van der Waals surface area contributed by atoms with Crippen LogP contribution in [0.3, 0.4) is 0 Å². The number of carbonyl (C=O) groups is 1. The number of amides is 1. The third kappa shape index (κ3) is 4.97. The Morgan fingerprint density at radius 2 is 1.96 bits per heavy atom. The summed E-state index contributed by atoms with van der Waals surface area (Å²) in [5.41, 5.74) is 2.11. The van der Waals surface area contributed by atoms with Crippen molar-refractivity contribution >= 4 is 28.7 Å². The van der Waals surface area contributed by atoms with Gasteiger partial charge in [-0.15, -0.1) is 0 Å². The van der Waals surface area contributed by atoms with Gasteiger partial charge in [0.15, 0.2) is 0 Å². The molecule has 0 aliphatic rings. The van der Waals surface area contributed by atoms with Crippen molar-refractivity contribution in [2.45, 2.75) is 19.1 Å². The predicted molar refractivity (Wildman–Crippen MR) is 102 cm³/mol. The van der Waals surface area contributed by atoms with E-state index in [0.29, 0.717) is 17.8 Å². The van der Waals surface area contributed by atoms with E-state index in [1.165, 1.54) is 24.3 Å². The Morgan fingerprint density at radius 1 is 1.22 bits per heavy atom. The number of aromatic amines is 1. The first-order valence-corrected chi connectivity index (χ1v) is 9.75. The highest BCUT2D eigenvalue weighted by Crippen LogP contribution is 2.21. The predicted octanol–water partition coefficient (Wildman–Crippen LogP) is 4.39. The number of alkyl halides is 2. The lowest BCUT2D eigenvalue weighted by molar-refractivity contribution is -0.0498. The molecule has 0 spiro atoms. The maximum atomic E-state index is 12.6. The van der Waals surface area contributed by atoms with Crippen LogP contribution in [-0.2, 0) is 0 Å². The van der Waals surface area contributed by atoms with Crippen LogP contribution in [0.5, 0.6) is 5.75 Å². The minimum absolute atomic E-state index is 0.0118. The summed E-state index contributed by atoms with van der Waals surface area (Å²) in [7, 11) is 0. The molecule has 142 valence electrons. The third-order valence-electron chi connectivity index (χ3n) is 4.00. The number of benzene rings is 2. The Labute approximate surface area is 159 Å². The molecule has 0 saturated carbocycles. The van der Waals surface area contributed by atoms with E-state index in [4.69, 9.17) is 0 Å². The molecule has 0 fully saturated rings. The summed E-state index contributed by atoms with van der Waals surface area (Å²) < 4.78 is 28.8. The van der Waals surface area contributed by atoms with Crippen LogP contribution in [0.2, 0.25) is 0 Å². The van der Waals surface area contributed by atoms with Crippen molar-refractivity contribution < 1.29 is 18.3 Å². The Hall–Kier alpha value is -2.61. The van der Waals surface area contributed by atoms with Gasteiger partial charge in [-0.3, -0.25) is 4.79 Å². The van der Waals surface area contributed by atoms with E-state index in [9.17, 15) is 13.6 Å². The van der Waals surface area contributed by atoms with E-state index in [1.54, 1.807) is 11.8 Å². The van der Waals surface area contributed by atoms with Gasteiger partial charge in [-0.25, -0.2) is 4.98 Å². The highest BCUT2D eigenvalue weighted by atomic mass is 32.2. The fourth-order valence-electron chi connectivity index (χ4n) is 2.68. The minimum atomic E-state index is -2.89. The number of hydrogen-bond donors (Lipinski definition) is 2. The highest BCUT2D eigenvalue weighted by Gasteiger charge is 2.19. The van der Waals surface area contributed by atoms with Crippen molar-refractivity contribution in [3.05, 3.63) is 59.9 Å². The fraction of sp³-hybridized carbons (Fsp3) is 0.263. The Balaban J connectivity index is 1.76. The van der Waals surface area contributed by atoms with Crippen LogP contribution in [0.1, 0.15) is 28.6 Å². The maximum absolute atomic E-state index is 12.6. The van der Waals surface area contributed by atoms with Crippen LogP contribution in [-0.4, -0.2) is 34.5 Å². The largest absolute Gasteiger partial charge is 0.435 e. The number of thioether (sulfide) groups is 1. The van der Waals surface area contributed by atoms with Crippen LogP contribution in [0.15, 0.2) is 48.5 Å². The molecule has 0 bridgehead atoms. The lowest BCUT2D eigenvalue weighted by atomic mass is 10.1. The molecular weight excluding hydrogens is 372 g/mol. The number of hydrogen-bond acceptors (Lipinski definition) is 4. The molecule has 27 heavy (non-hydrogen) atoms. The Morgan fingerprint density at radius 3 is 2.63 bits per heavy atom. The first kappa shape index (κ1) is 19.2. The number of nitrogens with zero attached hydrogens (tertiary/aromatic N) is 1. The quantitative estimate of drug-likeness (QED) is 0.598. The molecule has 1 atom stereocenters. The van der Waals surface area contributed by atoms with Crippen molar-refractivity contribution in [2.24, 2.45) is 0 Å². The molecule has 2 N–H and O–H groups in total. The molecule has 3 aromatic rings. The number of imidazole rings is 1. The smallest absolute Gasteiger partial charge is 0.387 e. The van der Waals surface area contributed by atoms with Crippen LogP contribution in [0.4, 0.5) is 8.78 Å². The van der Waals surface area contributed by atoms with Gasteiger partial charge in [0.1, 0.15) is 11.6 Å². The molecule has 5 nitrogen and oxygen atoms in total. The number of rotatable bonds is 8. The number of nitrogens with one attached hydrogen (secondary N) is 2. The number of carbonyl (C=O) groups excluding carboxylic acids is 1. The monoisotopic (exact) mass is 391 g/mol. The number of H-pyrrole nitrogens is 1. The van der Waals surface area contributed by atoms with E-state index in [0.717, 1.165) is 16.8 Å². The van der Waals surface area contributed by atoms with E-state index >= 15 is 0 Å². The SMILES string of the molecule is CSCCC(NC(=O)c1ccc(OC(F)F)cc1)c1nc2ccccc2[nH]1. The summed E-state index contributed by atoms with van der Waals surface area (Å²) in [5, 5.41) is 2.97. The van der Waals surface area contributed by atoms with Crippen LogP contribution in [0.25, 0.3) is 11.0 Å². The van der Waals surface area contributed by atoms with Crippen LogP contribution < -0.4 is 10.1 Å². The summed E-state index contributed by atoms with van der Waals surface area (Å²) in [6.45, 7) is -2.89. The van der Waals surface area contributed by atoms with Crippen molar-refractivity contribution in [3.8, 4) is 5.75 Å². The molecule has 1 amide bonds. The van der Waals surface area contributed by atoms with Gasteiger partial charge in [0, 0.05) is 5.56 Å². The van der Waals surface area contributed by atoms with E-state index in [2.05, 4.69) is 20.0 Å². The first-order valence-electron chi connectivity index (χ1n) is 8.36. The molecule has 0 aliphatic carbocycles. The number of halogens is 2. The molecule has 1 unspecified atom stereocenters. The van der Waals surface area contributed by atoms with Crippen molar-refractivity contribution in [3.63, 3.8) is 0 Å². The number of fused-ring (bicyclic) bond motifs is 1. The van der Waals surface area contributed by atoms with Crippen molar-refractivity contribution in [2.75, 3.05) is 12.0 Å². The van der Waals surface area contributed by atoms with E-state index < -0.39 is 6.61 Å². The molecule has 1 heterocycles. The average molecular weight is 391 g/mol. The lowest BCUT2D eigenvalue weighted by Gasteiger charge is -2.16. The highest BCUT2D eigenvalue weighted by molar-refractivity contribution is 7.98. The van der Waals surface area contributed by atoms with Gasteiger partial charge in [-0.05, 0) is 54.8 Å². The van der Waals surface area contributed by atoms with Gasteiger partial charge >= 0.3 is 6.61 Å². The van der Waals surface area contributed by atoms with Gasteiger partial charge in [0.2, 0.25) is 0 Å². The summed E-state index contributed by atoms with van der Waals surface area (Å²) in [5.74, 6) is 1.25. The van der Waals surface area contributed by atoms with Gasteiger partial charge < -0.3 is 15.0 Å². The summed E-state index contributed by atoms with van der Waals surface area (Å²) >= 11 is 1.68. The minimum Gasteiger partial charge on any atom is -0.435 e. The molecule has 8 heteroatoms. The maximum Gasteiger partial charge on any atom is 0.387 e. The van der Waals surface area contributed by atoms with Gasteiger partial charge in [0.25, 0.3) is 5.91 Å². The molecule has 0 aliphatic heterocycles. The van der Waals surface area contributed by atoms with Gasteiger partial charge in [-0.2, -0.15) is 20.5 Å². The molecular formula is C19H19F2N3O2S. The molecule has 0 saturated heterocycles. The standard InChI is InChI=1S/C19H19F2N3O2S/c1-27-11-10-16(17-22-14-4-2-3-5-15(14)23-17)24-18(25)12-6-8-13(9-7-12)26-19(20)21/h2-9,16,19H,10-11H2,1H3,(H,22,23)(H,24,25). The van der Waals surface area contributed by atoms with Crippen LogP contribution in [0, 0.1) is 0 Å².